The number of carboxylic acid groups (broad SMARTS) is 1. The summed E-state index contributed by atoms with van der Waals surface area (Å²) in [5.74, 6) is -0.159. The van der Waals surface area contributed by atoms with Crippen molar-refractivity contribution in [1.29, 1.82) is 0 Å². The summed E-state index contributed by atoms with van der Waals surface area (Å²) in [6.45, 7) is 3.70. The van der Waals surface area contributed by atoms with Crippen LogP contribution in [0.2, 0.25) is 0 Å². The Morgan fingerprint density at radius 2 is 1.83 bits per heavy atom. The molecule has 2 saturated carbocycles. The van der Waals surface area contributed by atoms with Gasteiger partial charge in [0.25, 0.3) is 0 Å². The maximum Gasteiger partial charge on any atom is 0.317 e. The maximum atomic E-state index is 12.1. The normalized spacial score (nSPS) is 19.0. The topological polar surface area (TPSA) is 60.9 Å². The molecule has 2 aliphatic carbocycles. The minimum Gasteiger partial charge on any atom is -0.480 e. The van der Waals surface area contributed by atoms with Gasteiger partial charge in [-0.05, 0) is 38.5 Å². The first kappa shape index (κ1) is 13.3. The Bertz CT molecular complexity index is 324. The minimum atomic E-state index is -0.849. The van der Waals surface area contributed by atoms with Gasteiger partial charge in [-0.25, -0.2) is 0 Å². The van der Waals surface area contributed by atoms with Crippen molar-refractivity contribution in [3.8, 4) is 0 Å². The molecule has 0 radical (unpaired) electrons. The number of aliphatic carboxylic acids is 1. The largest absolute Gasteiger partial charge is 0.480 e. The summed E-state index contributed by atoms with van der Waals surface area (Å²) in [5.41, 5.74) is 0. The molecule has 0 aromatic rings. The molecule has 102 valence electrons. The molecule has 0 atom stereocenters. The summed E-state index contributed by atoms with van der Waals surface area (Å²) in [4.78, 5) is 26.6. The highest BCUT2D eigenvalue weighted by Gasteiger charge is 2.33. The van der Waals surface area contributed by atoms with Gasteiger partial charge in [-0.2, -0.15) is 0 Å². The molecule has 2 fully saturated rings. The standard InChI is InChI=1S/C13H22N2O3/c1-2-15(11-5-6-11)12(16)8-14(9-13(17)18)7-10-3-4-10/h10-11H,2-9H2,1H3,(H,17,18). The summed E-state index contributed by atoms with van der Waals surface area (Å²) in [6.07, 6.45) is 4.54. The molecule has 0 heterocycles. The molecule has 18 heavy (non-hydrogen) atoms. The number of carboxylic acids is 1. The molecular weight excluding hydrogens is 232 g/mol. The van der Waals surface area contributed by atoms with Crippen LogP contribution in [0.5, 0.6) is 0 Å². The third-order valence-corrected chi connectivity index (χ3v) is 3.58. The number of carbonyl (C=O) groups excluding carboxylic acids is 1. The van der Waals surface area contributed by atoms with Gasteiger partial charge in [0.2, 0.25) is 5.91 Å². The van der Waals surface area contributed by atoms with Crippen LogP contribution in [0.3, 0.4) is 0 Å². The summed E-state index contributed by atoms with van der Waals surface area (Å²) in [7, 11) is 0. The van der Waals surface area contributed by atoms with Gasteiger partial charge in [0, 0.05) is 19.1 Å². The van der Waals surface area contributed by atoms with Crippen molar-refractivity contribution in [1.82, 2.24) is 9.80 Å². The number of hydrogen-bond acceptors (Lipinski definition) is 3. The van der Waals surface area contributed by atoms with Crippen LogP contribution in [0.4, 0.5) is 0 Å². The molecule has 0 saturated heterocycles. The van der Waals surface area contributed by atoms with E-state index in [1.165, 1.54) is 12.8 Å². The van der Waals surface area contributed by atoms with E-state index >= 15 is 0 Å². The molecule has 0 unspecified atom stereocenters. The number of rotatable bonds is 8. The number of nitrogens with zero attached hydrogens (tertiary/aromatic N) is 2. The first-order valence-electron chi connectivity index (χ1n) is 6.83. The molecule has 2 aliphatic rings. The van der Waals surface area contributed by atoms with E-state index in [-0.39, 0.29) is 19.0 Å². The minimum absolute atomic E-state index is 0.0234. The first-order chi connectivity index (χ1) is 8.60. The van der Waals surface area contributed by atoms with Crippen LogP contribution in [-0.4, -0.2) is 59.0 Å². The van der Waals surface area contributed by atoms with Gasteiger partial charge in [0.05, 0.1) is 13.1 Å². The second-order valence-corrected chi connectivity index (χ2v) is 5.42. The predicted molar refractivity (Wildman–Crippen MR) is 67.2 cm³/mol. The number of likely N-dealkylation sites (N-methyl/N-ethyl adjacent to an activating group) is 1. The quantitative estimate of drug-likeness (QED) is 0.696. The molecule has 0 aromatic carbocycles. The molecule has 1 N–H and O–H groups in total. The zero-order chi connectivity index (χ0) is 13.1. The predicted octanol–water partition coefficient (Wildman–Crippen LogP) is 0.794. The summed E-state index contributed by atoms with van der Waals surface area (Å²) in [5, 5.41) is 8.88. The first-order valence-corrected chi connectivity index (χ1v) is 6.83. The Morgan fingerprint density at radius 3 is 2.28 bits per heavy atom. The van der Waals surface area contributed by atoms with E-state index in [1.54, 1.807) is 4.90 Å². The lowest BCUT2D eigenvalue weighted by Gasteiger charge is -2.25. The zero-order valence-corrected chi connectivity index (χ0v) is 11.0. The van der Waals surface area contributed by atoms with Crippen molar-refractivity contribution in [2.45, 2.75) is 38.6 Å². The maximum absolute atomic E-state index is 12.1. The fourth-order valence-electron chi connectivity index (χ4n) is 2.35. The van der Waals surface area contributed by atoms with Crippen LogP contribution in [0.1, 0.15) is 32.6 Å². The summed E-state index contributed by atoms with van der Waals surface area (Å²) in [6, 6.07) is 0.412. The van der Waals surface area contributed by atoms with Crippen molar-refractivity contribution in [3.63, 3.8) is 0 Å². The fraction of sp³-hybridized carbons (Fsp3) is 0.846. The fourth-order valence-corrected chi connectivity index (χ4v) is 2.35. The smallest absolute Gasteiger partial charge is 0.317 e. The Morgan fingerprint density at radius 1 is 1.17 bits per heavy atom. The van der Waals surface area contributed by atoms with E-state index in [9.17, 15) is 9.59 Å². The Hall–Kier alpha value is -1.10. The summed E-state index contributed by atoms with van der Waals surface area (Å²) >= 11 is 0. The van der Waals surface area contributed by atoms with Crippen LogP contribution in [-0.2, 0) is 9.59 Å². The lowest BCUT2D eigenvalue weighted by Crippen LogP contribution is -2.43. The lowest BCUT2D eigenvalue weighted by molar-refractivity contribution is -0.139. The molecule has 0 aliphatic heterocycles. The van der Waals surface area contributed by atoms with Gasteiger partial charge in [-0.1, -0.05) is 0 Å². The summed E-state index contributed by atoms with van der Waals surface area (Å²) < 4.78 is 0. The lowest BCUT2D eigenvalue weighted by atomic mass is 10.3. The van der Waals surface area contributed by atoms with Crippen LogP contribution >= 0.6 is 0 Å². The third-order valence-electron chi connectivity index (χ3n) is 3.58. The zero-order valence-electron chi connectivity index (χ0n) is 11.0. The van der Waals surface area contributed by atoms with Crippen molar-refractivity contribution in [2.24, 2.45) is 5.92 Å². The Labute approximate surface area is 108 Å². The molecule has 0 spiro atoms. The van der Waals surface area contributed by atoms with Crippen LogP contribution in [0, 0.1) is 5.92 Å². The van der Waals surface area contributed by atoms with Crippen molar-refractivity contribution in [2.75, 3.05) is 26.2 Å². The van der Waals surface area contributed by atoms with Crippen LogP contribution in [0.15, 0.2) is 0 Å². The highest BCUT2D eigenvalue weighted by Crippen LogP contribution is 2.30. The monoisotopic (exact) mass is 254 g/mol. The van der Waals surface area contributed by atoms with Gasteiger partial charge in [-0.15, -0.1) is 0 Å². The van der Waals surface area contributed by atoms with Gasteiger partial charge >= 0.3 is 5.97 Å². The van der Waals surface area contributed by atoms with Gasteiger partial charge in [-0.3, -0.25) is 14.5 Å². The van der Waals surface area contributed by atoms with E-state index in [2.05, 4.69) is 0 Å². The molecule has 0 aromatic heterocycles. The highest BCUT2D eigenvalue weighted by molar-refractivity contribution is 5.79. The van der Waals surface area contributed by atoms with E-state index in [4.69, 9.17) is 5.11 Å². The molecule has 1 amide bonds. The molecule has 2 rings (SSSR count). The van der Waals surface area contributed by atoms with Gasteiger partial charge < -0.3 is 10.0 Å². The number of carbonyl (C=O) groups is 2. The van der Waals surface area contributed by atoms with Crippen molar-refractivity contribution >= 4 is 11.9 Å². The van der Waals surface area contributed by atoms with E-state index < -0.39 is 5.97 Å². The molecule has 5 nitrogen and oxygen atoms in total. The van der Waals surface area contributed by atoms with Crippen LogP contribution < -0.4 is 0 Å². The second-order valence-electron chi connectivity index (χ2n) is 5.42. The SMILES string of the molecule is CCN(C(=O)CN(CC(=O)O)CC1CC1)C1CC1. The van der Waals surface area contributed by atoms with Crippen molar-refractivity contribution < 1.29 is 14.7 Å². The van der Waals surface area contributed by atoms with E-state index in [0.717, 1.165) is 25.9 Å². The van der Waals surface area contributed by atoms with Gasteiger partial charge in [0.15, 0.2) is 0 Å². The number of hydrogen-bond donors (Lipinski definition) is 1. The van der Waals surface area contributed by atoms with E-state index in [0.29, 0.717) is 12.0 Å². The van der Waals surface area contributed by atoms with Crippen molar-refractivity contribution in [3.05, 3.63) is 0 Å². The average Bonchev–Trinajstić information content (AvgIpc) is 3.10. The average molecular weight is 254 g/mol. The Balaban J connectivity index is 1.84. The Kier molecular flexibility index (Phi) is 4.22. The van der Waals surface area contributed by atoms with E-state index in [1.807, 2.05) is 11.8 Å². The molecular formula is C13H22N2O3. The highest BCUT2D eigenvalue weighted by atomic mass is 16.4. The van der Waals surface area contributed by atoms with Crippen LogP contribution in [0.25, 0.3) is 0 Å². The van der Waals surface area contributed by atoms with Gasteiger partial charge in [0.1, 0.15) is 0 Å². The second kappa shape index (κ2) is 5.69. The third kappa shape index (κ3) is 3.98. The number of amides is 1. The molecule has 5 heteroatoms. The molecule has 0 bridgehead atoms.